The molecule has 3 heterocycles. The average molecular weight is 441 g/mol. The number of halogens is 1. The van der Waals surface area contributed by atoms with Crippen LogP contribution in [0.4, 0.5) is 0 Å². The summed E-state index contributed by atoms with van der Waals surface area (Å²) in [5, 5.41) is 8.03. The van der Waals surface area contributed by atoms with Gasteiger partial charge < -0.3 is 19.8 Å². The van der Waals surface area contributed by atoms with Gasteiger partial charge in [-0.15, -0.1) is 24.0 Å². The normalized spacial score (nSPS) is 25.8. The maximum absolute atomic E-state index is 5.94. The molecule has 24 heavy (non-hydrogen) atoms. The number of furan rings is 1. The SMILES string of the molecule is CN=C(NCc1oc2ccccc2c1C)NC1CC2CCC1O2.I. The Bertz CT molecular complexity index is 743. The van der Waals surface area contributed by atoms with Crippen LogP contribution < -0.4 is 10.6 Å². The number of hydrogen-bond acceptors (Lipinski definition) is 3. The van der Waals surface area contributed by atoms with Gasteiger partial charge in [0, 0.05) is 18.0 Å². The fourth-order valence-electron chi connectivity index (χ4n) is 3.72. The third-order valence-electron chi connectivity index (χ3n) is 5.01. The summed E-state index contributed by atoms with van der Waals surface area (Å²) in [5.74, 6) is 1.77. The molecule has 0 amide bonds. The predicted octanol–water partition coefficient (Wildman–Crippen LogP) is 3.34. The van der Waals surface area contributed by atoms with Gasteiger partial charge in [-0.1, -0.05) is 18.2 Å². The van der Waals surface area contributed by atoms with Gasteiger partial charge in [0.1, 0.15) is 11.3 Å². The second-order valence-electron chi connectivity index (χ2n) is 6.43. The van der Waals surface area contributed by atoms with E-state index in [4.69, 9.17) is 9.15 Å². The number of fused-ring (bicyclic) bond motifs is 3. The molecule has 0 spiro atoms. The molecule has 0 aliphatic carbocycles. The zero-order valence-corrected chi connectivity index (χ0v) is 16.4. The van der Waals surface area contributed by atoms with Crippen LogP contribution in [0.5, 0.6) is 0 Å². The summed E-state index contributed by atoms with van der Waals surface area (Å²) in [6.07, 6.45) is 4.21. The van der Waals surface area contributed by atoms with Crippen LogP contribution in [0.25, 0.3) is 11.0 Å². The summed E-state index contributed by atoms with van der Waals surface area (Å²) < 4.78 is 11.8. The second kappa shape index (κ2) is 7.31. The fraction of sp³-hybridized carbons (Fsp3) is 0.500. The van der Waals surface area contributed by atoms with Gasteiger partial charge in [0.05, 0.1) is 24.8 Å². The van der Waals surface area contributed by atoms with Crippen molar-refractivity contribution in [3.63, 3.8) is 0 Å². The number of hydrogen-bond donors (Lipinski definition) is 2. The van der Waals surface area contributed by atoms with E-state index >= 15 is 0 Å². The second-order valence-corrected chi connectivity index (χ2v) is 6.43. The van der Waals surface area contributed by atoms with Crippen LogP contribution in [0.1, 0.15) is 30.6 Å². The van der Waals surface area contributed by atoms with Crippen molar-refractivity contribution in [3.05, 3.63) is 35.6 Å². The molecule has 2 bridgehead atoms. The molecule has 2 aromatic rings. The van der Waals surface area contributed by atoms with Gasteiger partial charge in [0.25, 0.3) is 0 Å². The topological polar surface area (TPSA) is 58.8 Å². The Morgan fingerprint density at radius 3 is 2.79 bits per heavy atom. The van der Waals surface area contributed by atoms with Crippen molar-refractivity contribution >= 4 is 40.9 Å². The molecule has 1 aromatic heterocycles. The summed E-state index contributed by atoms with van der Waals surface area (Å²) in [7, 11) is 1.80. The lowest BCUT2D eigenvalue weighted by Gasteiger charge is -2.22. The Hall–Kier alpha value is -1.28. The summed E-state index contributed by atoms with van der Waals surface area (Å²) in [6, 6.07) is 8.51. The molecule has 3 atom stereocenters. The van der Waals surface area contributed by atoms with Crippen LogP contribution in [0.15, 0.2) is 33.7 Å². The van der Waals surface area contributed by atoms with Gasteiger partial charge >= 0.3 is 0 Å². The zero-order valence-electron chi connectivity index (χ0n) is 14.0. The lowest BCUT2D eigenvalue weighted by Crippen LogP contribution is -2.47. The molecular weight excluding hydrogens is 417 g/mol. The minimum absolute atomic E-state index is 0. The van der Waals surface area contributed by atoms with Crippen molar-refractivity contribution < 1.29 is 9.15 Å². The van der Waals surface area contributed by atoms with Crippen LogP contribution in [0.2, 0.25) is 0 Å². The van der Waals surface area contributed by atoms with Crippen molar-refractivity contribution in [3.8, 4) is 0 Å². The number of aliphatic imine (C=N–C) groups is 1. The minimum atomic E-state index is 0. The van der Waals surface area contributed by atoms with Gasteiger partial charge in [-0.25, -0.2) is 0 Å². The Morgan fingerprint density at radius 1 is 1.29 bits per heavy atom. The molecule has 5 nitrogen and oxygen atoms in total. The molecule has 2 N–H and O–H groups in total. The maximum Gasteiger partial charge on any atom is 0.191 e. The highest BCUT2D eigenvalue weighted by Gasteiger charge is 2.41. The van der Waals surface area contributed by atoms with Crippen LogP contribution in [-0.4, -0.2) is 31.3 Å². The molecule has 0 radical (unpaired) electrons. The van der Waals surface area contributed by atoms with Crippen molar-refractivity contribution in [1.82, 2.24) is 10.6 Å². The molecule has 4 rings (SSSR count). The minimum Gasteiger partial charge on any atom is -0.459 e. The number of rotatable bonds is 3. The molecular formula is C18H24IN3O2. The molecule has 1 aromatic carbocycles. The third kappa shape index (κ3) is 3.26. The zero-order chi connectivity index (χ0) is 15.8. The molecule has 2 aliphatic rings. The van der Waals surface area contributed by atoms with E-state index in [1.165, 1.54) is 17.4 Å². The lowest BCUT2D eigenvalue weighted by molar-refractivity contribution is 0.0992. The summed E-state index contributed by atoms with van der Waals surface area (Å²) in [6.45, 7) is 2.73. The summed E-state index contributed by atoms with van der Waals surface area (Å²) >= 11 is 0. The third-order valence-corrected chi connectivity index (χ3v) is 5.01. The molecule has 2 fully saturated rings. The van der Waals surface area contributed by atoms with E-state index in [9.17, 15) is 0 Å². The maximum atomic E-state index is 5.94. The van der Waals surface area contributed by atoms with Crippen LogP contribution >= 0.6 is 24.0 Å². The van der Waals surface area contributed by atoms with E-state index in [0.29, 0.717) is 24.8 Å². The van der Waals surface area contributed by atoms with E-state index in [2.05, 4.69) is 28.6 Å². The van der Waals surface area contributed by atoms with E-state index < -0.39 is 0 Å². The number of aryl methyl sites for hydroxylation is 1. The first-order valence-corrected chi connectivity index (χ1v) is 8.34. The fourth-order valence-corrected chi connectivity index (χ4v) is 3.72. The van der Waals surface area contributed by atoms with Gasteiger partial charge in [-0.05, 0) is 32.3 Å². The number of benzene rings is 1. The van der Waals surface area contributed by atoms with Crippen LogP contribution in [0.3, 0.4) is 0 Å². The molecule has 6 heteroatoms. The van der Waals surface area contributed by atoms with E-state index in [1.54, 1.807) is 7.05 Å². The quantitative estimate of drug-likeness (QED) is 0.436. The standard InChI is InChI=1S/C18H23N3O2.HI/c1-11-13-5-3-4-6-15(13)23-17(11)10-20-18(19-2)21-14-9-12-7-8-16(14)22-12;/h3-6,12,14,16H,7-10H2,1-2H3,(H2,19,20,21);1H. The smallest absolute Gasteiger partial charge is 0.191 e. The van der Waals surface area contributed by atoms with Crippen LogP contribution in [0, 0.1) is 6.92 Å². The highest BCUT2D eigenvalue weighted by Crippen LogP contribution is 2.34. The number of nitrogens with one attached hydrogen (secondary N) is 2. The number of nitrogens with zero attached hydrogens (tertiary/aromatic N) is 1. The van der Waals surface area contributed by atoms with Gasteiger partial charge in [0.2, 0.25) is 0 Å². The molecule has 2 aliphatic heterocycles. The monoisotopic (exact) mass is 441 g/mol. The van der Waals surface area contributed by atoms with E-state index in [0.717, 1.165) is 30.1 Å². The molecule has 3 unspecified atom stereocenters. The Balaban J connectivity index is 0.00000169. The number of ether oxygens (including phenoxy) is 1. The van der Waals surface area contributed by atoms with Crippen molar-refractivity contribution in [1.29, 1.82) is 0 Å². The molecule has 130 valence electrons. The lowest BCUT2D eigenvalue weighted by atomic mass is 9.96. The largest absolute Gasteiger partial charge is 0.459 e. The van der Waals surface area contributed by atoms with Crippen molar-refractivity contribution in [2.75, 3.05) is 7.05 Å². The predicted molar refractivity (Wildman–Crippen MR) is 106 cm³/mol. The number of para-hydroxylation sites is 1. The van der Waals surface area contributed by atoms with Crippen LogP contribution in [-0.2, 0) is 11.3 Å². The number of guanidine groups is 1. The first kappa shape index (κ1) is 17.5. The first-order chi connectivity index (χ1) is 11.2. The van der Waals surface area contributed by atoms with Crippen molar-refractivity contribution in [2.45, 2.75) is 51.0 Å². The summed E-state index contributed by atoms with van der Waals surface area (Å²) in [5.41, 5.74) is 2.12. The van der Waals surface area contributed by atoms with E-state index in [1.807, 2.05) is 18.2 Å². The highest BCUT2D eigenvalue weighted by molar-refractivity contribution is 14.0. The van der Waals surface area contributed by atoms with Gasteiger partial charge in [-0.2, -0.15) is 0 Å². The molecule has 2 saturated heterocycles. The average Bonchev–Trinajstić information content (AvgIpc) is 3.27. The Morgan fingerprint density at radius 2 is 2.12 bits per heavy atom. The van der Waals surface area contributed by atoms with Crippen molar-refractivity contribution in [2.24, 2.45) is 4.99 Å². The summed E-state index contributed by atoms with van der Waals surface area (Å²) in [4.78, 5) is 4.33. The Kier molecular flexibility index (Phi) is 5.34. The van der Waals surface area contributed by atoms with E-state index in [-0.39, 0.29) is 24.0 Å². The Labute approximate surface area is 159 Å². The van der Waals surface area contributed by atoms with Gasteiger partial charge in [-0.3, -0.25) is 4.99 Å². The first-order valence-electron chi connectivity index (χ1n) is 8.34. The molecule has 0 saturated carbocycles. The highest BCUT2D eigenvalue weighted by atomic mass is 127. The van der Waals surface area contributed by atoms with Gasteiger partial charge in [0.15, 0.2) is 5.96 Å².